The van der Waals surface area contributed by atoms with Gasteiger partial charge in [0.15, 0.2) is 5.72 Å². The van der Waals surface area contributed by atoms with Crippen molar-refractivity contribution in [3.05, 3.63) is 101 Å². The highest BCUT2D eigenvalue weighted by Gasteiger charge is 2.44. The fraction of sp³-hybridized carbons (Fsp3) is 0.125. The Balaban J connectivity index is 1.37. The van der Waals surface area contributed by atoms with E-state index in [1.807, 2.05) is 12.1 Å². The summed E-state index contributed by atoms with van der Waals surface area (Å²) in [7, 11) is -3.90. The van der Waals surface area contributed by atoms with Gasteiger partial charge < -0.3 is 14.4 Å². The number of thioether (sulfide) groups is 1. The number of pyridine rings is 1. The third-order valence-corrected chi connectivity index (χ3v) is 8.59. The topological polar surface area (TPSA) is 113 Å². The molecule has 0 bridgehead atoms. The molecule has 0 saturated carbocycles. The Morgan fingerprint density at radius 1 is 1.14 bits per heavy atom. The number of benzene rings is 2. The van der Waals surface area contributed by atoms with Gasteiger partial charge in [0.25, 0.3) is 10.0 Å². The van der Waals surface area contributed by atoms with E-state index in [2.05, 4.69) is 9.71 Å². The molecule has 0 spiro atoms. The highest BCUT2D eigenvalue weighted by molar-refractivity contribution is 8.23. The Morgan fingerprint density at radius 2 is 1.94 bits per heavy atom. The van der Waals surface area contributed by atoms with E-state index in [4.69, 9.17) is 16.6 Å². The molecule has 8 nitrogen and oxygen atoms in total. The summed E-state index contributed by atoms with van der Waals surface area (Å²) in [5, 5.41) is 12.0. The quantitative estimate of drug-likeness (QED) is 0.288. The molecule has 1 atom stereocenters. The van der Waals surface area contributed by atoms with E-state index in [1.165, 1.54) is 42.1 Å². The molecular formula is C24H19N3O5S3. The zero-order chi connectivity index (χ0) is 24.6. The molecule has 4 aromatic rings. The molecule has 2 N–H and O–H groups in total. The van der Waals surface area contributed by atoms with Gasteiger partial charge in [-0.25, -0.2) is 13.2 Å². The molecule has 1 aliphatic heterocycles. The number of rotatable bonds is 6. The molecule has 1 unspecified atom stereocenters. The first-order chi connectivity index (χ1) is 16.7. The average molecular weight is 526 g/mol. The van der Waals surface area contributed by atoms with Gasteiger partial charge in [0, 0.05) is 41.6 Å². The van der Waals surface area contributed by atoms with Gasteiger partial charge >= 0.3 is 5.63 Å². The van der Waals surface area contributed by atoms with Crippen molar-refractivity contribution < 1.29 is 17.9 Å². The number of anilines is 1. The summed E-state index contributed by atoms with van der Waals surface area (Å²) in [6, 6.07) is 17.3. The SMILES string of the molecule is O=c1ccc2cc(S(=O)(=O)Nc3ccc(C4(O)CSC(=S)N4Cc4cccnc4)cc3)ccc2o1. The van der Waals surface area contributed by atoms with Gasteiger partial charge in [0.2, 0.25) is 0 Å². The Bertz CT molecular complexity index is 1570. The van der Waals surface area contributed by atoms with Gasteiger partial charge in [-0.1, -0.05) is 42.2 Å². The fourth-order valence-electron chi connectivity index (χ4n) is 3.81. The van der Waals surface area contributed by atoms with Crippen LogP contribution in [0, 0.1) is 0 Å². The Morgan fingerprint density at radius 3 is 2.69 bits per heavy atom. The second kappa shape index (κ2) is 9.08. The number of nitrogens with one attached hydrogen (secondary N) is 1. The predicted octanol–water partition coefficient (Wildman–Crippen LogP) is 3.67. The van der Waals surface area contributed by atoms with E-state index in [1.54, 1.807) is 41.6 Å². The molecule has 0 radical (unpaired) electrons. The normalized spacial score (nSPS) is 18.2. The number of thiocarbonyl (C=S) groups is 1. The number of fused-ring (bicyclic) bond motifs is 1. The van der Waals surface area contributed by atoms with Gasteiger partial charge in [-0.3, -0.25) is 9.71 Å². The van der Waals surface area contributed by atoms with Gasteiger partial charge in [-0.2, -0.15) is 0 Å². The zero-order valence-corrected chi connectivity index (χ0v) is 20.6. The van der Waals surface area contributed by atoms with Crippen LogP contribution in [-0.2, 0) is 22.3 Å². The smallest absolute Gasteiger partial charge is 0.336 e. The van der Waals surface area contributed by atoms with Crippen LogP contribution in [0.25, 0.3) is 11.0 Å². The molecule has 178 valence electrons. The fourth-order valence-corrected chi connectivity index (χ4v) is 6.32. The number of aliphatic hydroxyl groups is 1. The van der Waals surface area contributed by atoms with E-state index in [0.717, 1.165) is 5.56 Å². The van der Waals surface area contributed by atoms with E-state index < -0.39 is 21.4 Å². The molecule has 1 fully saturated rings. The molecule has 1 aliphatic rings. The average Bonchev–Trinajstić information content (AvgIpc) is 3.14. The van der Waals surface area contributed by atoms with Gasteiger partial charge in [-0.15, -0.1) is 0 Å². The highest BCUT2D eigenvalue weighted by Crippen LogP contribution is 2.40. The molecule has 0 amide bonds. The molecule has 11 heteroatoms. The van der Waals surface area contributed by atoms with Crippen molar-refractivity contribution in [2.24, 2.45) is 0 Å². The van der Waals surface area contributed by atoms with Crippen molar-refractivity contribution in [2.45, 2.75) is 17.2 Å². The Labute approximate surface area is 210 Å². The lowest BCUT2D eigenvalue weighted by molar-refractivity contribution is -0.0508. The van der Waals surface area contributed by atoms with Crippen LogP contribution in [0.15, 0.2) is 93.2 Å². The van der Waals surface area contributed by atoms with Crippen molar-refractivity contribution in [1.29, 1.82) is 0 Å². The molecule has 1 saturated heterocycles. The maximum Gasteiger partial charge on any atom is 0.336 e. The van der Waals surface area contributed by atoms with Gasteiger partial charge in [-0.05, 0) is 48.0 Å². The molecule has 0 aliphatic carbocycles. The maximum absolute atomic E-state index is 12.9. The molecule has 2 aromatic heterocycles. The van der Waals surface area contributed by atoms with E-state index >= 15 is 0 Å². The van der Waals surface area contributed by atoms with Crippen LogP contribution in [0.2, 0.25) is 0 Å². The van der Waals surface area contributed by atoms with E-state index in [9.17, 15) is 18.3 Å². The Kier molecular flexibility index (Phi) is 6.09. The van der Waals surface area contributed by atoms with Crippen molar-refractivity contribution >= 4 is 55.0 Å². The van der Waals surface area contributed by atoms with Crippen molar-refractivity contribution in [2.75, 3.05) is 10.5 Å². The van der Waals surface area contributed by atoms with Gasteiger partial charge in [0.05, 0.1) is 10.6 Å². The van der Waals surface area contributed by atoms with Crippen LogP contribution in [0.3, 0.4) is 0 Å². The monoisotopic (exact) mass is 525 g/mol. The first kappa shape index (κ1) is 23.5. The number of hydrogen-bond donors (Lipinski definition) is 2. The standard InChI is InChI=1S/C24H19N3O5S3/c28-22-10-3-17-12-20(8-9-21(17)32-22)35(30,31)26-19-6-4-18(5-7-19)24(29)15-34-23(33)27(24)14-16-2-1-11-25-13-16/h1-13,26,29H,14-15H2. The van der Waals surface area contributed by atoms with Crippen LogP contribution in [0.5, 0.6) is 0 Å². The molecular weight excluding hydrogens is 506 g/mol. The second-order valence-corrected chi connectivity index (χ2v) is 11.2. The summed E-state index contributed by atoms with van der Waals surface area (Å²) >= 11 is 6.86. The summed E-state index contributed by atoms with van der Waals surface area (Å²) in [6.45, 7) is 0.395. The third-order valence-electron chi connectivity index (χ3n) is 5.63. The van der Waals surface area contributed by atoms with Crippen LogP contribution in [-0.4, -0.2) is 33.5 Å². The molecule has 35 heavy (non-hydrogen) atoms. The molecule has 3 heterocycles. The largest absolute Gasteiger partial charge is 0.423 e. The lowest BCUT2D eigenvalue weighted by Gasteiger charge is -2.34. The summed E-state index contributed by atoms with van der Waals surface area (Å²) < 4.78 is 34.0. The lowest BCUT2D eigenvalue weighted by atomic mass is 10.0. The van der Waals surface area contributed by atoms with Crippen molar-refractivity contribution in [1.82, 2.24) is 9.88 Å². The van der Waals surface area contributed by atoms with Crippen LogP contribution in [0.1, 0.15) is 11.1 Å². The minimum absolute atomic E-state index is 0.0294. The first-order valence-electron chi connectivity index (χ1n) is 10.5. The number of hydrogen-bond acceptors (Lipinski definition) is 8. The minimum atomic E-state index is -3.90. The molecule has 5 rings (SSSR count). The number of aromatic nitrogens is 1. The van der Waals surface area contributed by atoms with Crippen LogP contribution >= 0.6 is 24.0 Å². The predicted molar refractivity (Wildman–Crippen MR) is 138 cm³/mol. The Hall–Kier alpha value is -3.25. The van der Waals surface area contributed by atoms with Crippen molar-refractivity contribution in [3.8, 4) is 0 Å². The lowest BCUT2D eigenvalue weighted by Crippen LogP contribution is -2.44. The highest BCUT2D eigenvalue weighted by atomic mass is 32.2. The number of nitrogens with zero attached hydrogens (tertiary/aromatic N) is 2. The second-order valence-electron chi connectivity index (χ2n) is 7.96. The van der Waals surface area contributed by atoms with Gasteiger partial charge in [0.1, 0.15) is 9.90 Å². The number of sulfonamides is 1. The third kappa shape index (κ3) is 4.67. The van der Waals surface area contributed by atoms with E-state index in [-0.39, 0.29) is 4.90 Å². The maximum atomic E-state index is 12.9. The molecule has 2 aromatic carbocycles. The summed E-state index contributed by atoms with van der Waals surface area (Å²) in [6.07, 6.45) is 3.41. The minimum Gasteiger partial charge on any atom is -0.423 e. The zero-order valence-electron chi connectivity index (χ0n) is 18.1. The van der Waals surface area contributed by atoms with E-state index in [0.29, 0.717) is 38.8 Å². The van der Waals surface area contributed by atoms with Crippen LogP contribution in [0.4, 0.5) is 5.69 Å². The van der Waals surface area contributed by atoms with Crippen molar-refractivity contribution in [3.63, 3.8) is 0 Å². The first-order valence-corrected chi connectivity index (χ1v) is 13.4. The summed E-state index contributed by atoms with van der Waals surface area (Å²) in [4.78, 5) is 17.2. The summed E-state index contributed by atoms with van der Waals surface area (Å²) in [5.74, 6) is 0.352. The van der Waals surface area contributed by atoms with Crippen LogP contribution < -0.4 is 10.3 Å². The summed E-state index contributed by atoms with van der Waals surface area (Å²) in [5.41, 5.74) is 0.305.